The highest BCUT2D eigenvalue weighted by Gasteiger charge is 2.34. The summed E-state index contributed by atoms with van der Waals surface area (Å²) in [5, 5.41) is 8.52. The monoisotopic (exact) mass is 222 g/mol. The maximum Gasteiger partial charge on any atom is 0.320 e. The zero-order valence-electron chi connectivity index (χ0n) is 8.46. The molecule has 0 spiro atoms. The second-order valence-corrected chi connectivity index (χ2v) is 3.97. The van der Waals surface area contributed by atoms with Crippen molar-refractivity contribution in [2.75, 3.05) is 19.6 Å². The number of halogens is 2. The summed E-state index contributed by atoms with van der Waals surface area (Å²) in [5.74, 6) is -3.72. The van der Waals surface area contributed by atoms with Gasteiger partial charge in [-0.05, 0) is 19.4 Å². The van der Waals surface area contributed by atoms with Gasteiger partial charge in [-0.25, -0.2) is 8.78 Å². The molecule has 0 saturated carbocycles. The van der Waals surface area contributed by atoms with E-state index in [1.165, 1.54) is 0 Å². The normalized spacial score (nSPS) is 23.7. The molecule has 1 atom stereocenters. The van der Waals surface area contributed by atoms with Crippen LogP contribution in [0.15, 0.2) is 0 Å². The van der Waals surface area contributed by atoms with E-state index in [1.807, 2.05) is 0 Å². The number of carbonyl (C=O) groups is 1. The Balaban J connectivity index is 2.30. The molecule has 1 aliphatic heterocycles. The topological polar surface area (TPSA) is 66.6 Å². The minimum Gasteiger partial charge on any atom is -0.480 e. The number of alkyl halides is 2. The first-order valence-electron chi connectivity index (χ1n) is 4.99. The van der Waals surface area contributed by atoms with E-state index in [9.17, 15) is 13.6 Å². The average molecular weight is 222 g/mol. The predicted molar refractivity (Wildman–Crippen MR) is 50.8 cm³/mol. The molecule has 1 rings (SSSR count). The van der Waals surface area contributed by atoms with Crippen molar-refractivity contribution in [2.45, 2.75) is 31.2 Å². The van der Waals surface area contributed by atoms with Gasteiger partial charge in [-0.1, -0.05) is 0 Å². The van der Waals surface area contributed by atoms with Crippen LogP contribution in [0.1, 0.15) is 19.3 Å². The van der Waals surface area contributed by atoms with Crippen LogP contribution in [0.2, 0.25) is 0 Å². The Kier molecular flexibility index (Phi) is 3.98. The van der Waals surface area contributed by atoms with E-state index >= 15 is 0 Å². The standard InChI is InChI=1S/C9H16F2N2O2/c10-9(11)3-1-4-13(6-9)5-2-7(12)8(14)15/h7H,1-6,12H2,(H,14,15). The van der Waals surface area contributed by atoms with Gasteiger partial charge in [0.1, 0.15) is 6.04 Å². The highest BCUT2D eigenvalue weighted by molar-refractivity contribution is 5.72. The van der Waals surface area contributed by atoms with Gasteiger partial charge in [0.25, 0.3) is 5.92 Å². The van der Waals surface area contributed by atoms with Gasteiger partial charge in [-0.3, -0.25) is 9.69 Å². The minimum absolute atomic E-state index is 0.0749. The van der Waals surface area contributed by atoms with Gasteiger partial charge in [-0.15, -0.1) is 0 Å². The molecule has 1 fully saturated rings. The molecule has 4 nitrogen and oxygen atoms in total. The van der Waals surface area contributed by atoms with Crippen molar-refractivity contribution < 1.29 is 18.7 Å². The maximum absolute atomic E-state index is 12.9. The predicted octanol–water partition coefficient (Wildman–Crippen LogP) is 0.520. The number of rotatable bonds is 4. The van der Waals surface area contributed by atoms with Crippen LogP contribution in [0.3, 0.4) is 0 Å². The molecule has 0 amide bonds. The molecule has 0 radical (unpaired) electrons. The lowest BCUT2D eigenvalue weighted by molar-refractivity contribution is -0.138. The summed E-state index contributed by atoms with van der Waals surface area (Å²) in [4.78, 5) is 12.0. The van der Waals surface area contributed by atoms with Crippen molar-refractivity contribution in [1.82, 2.24) is 4.90 Å². The van der Waals surface area contributed by atoms with Crippen LogP contribution in [-0.2, 0) is 4.79 Å². The number of carboxylic acid groups (broad SMARTS) is 1. The van der Waals surface area contributed by atoms with Gasteiger partial charge >= 0.3 is 5.97 Å². The SMILES string of the molecule is NC(CCN1CCCC(F)(F)C1)C(=O)O. The van der Waals surface area contributed by atoms with Crippen LogP contribution >= 0.6 is 0 Å². The number of aliphatic carboxylic acids is 1. The van der Waals surface area contributed by atoms with Gasteiger partial charge in [-0.2, -0.15) is 0 Å². The smallest absolute Gasteiger partial charge is 0.320 e. The Morgan fingerprint density at radius 1 is 1.60 bits per heavy atom. The molecular weight excluding hydrogens is 206 g/mol. The summed E-state index contributed by atoms with van der Waals surface area (Å²) in [5.41, 5.74) is 5.29. The first kappa shape index (κ1) is 12.3. The second kappa shape index (κ2) is 4.85. The fourth-order valence-corrected chi connectivity index (χ4v) is 1.68. The van der Waals surface area contributed by atoms with Gasteiger partial charge in [0.05, 0.1) is 6.54 Å². The molecule has 6 heteroatoms. The summed E-state index contributed by atoms with van der Waals surface area (Å²) < 4.78 is 25.9. The zero-order valence-corrected chi connectivity index (χ0v) is 8.46. The molecule has 1 unspecified atom stereocenters. The summed E-state index contributed by atoms with van der Waals surface area (Å²) >= 11 is 0. The molecule has 0 aromatic carbocycles. The van der Waals surface area contributed by atoms with Gasteiger partial charge in [0, 0.05) is 13.0 Å². The fraction of sp³-hybridized carbons (Fsp3) is 0.889. The summed E-state index contributed by atoms with van der Waals surface area (Å²) in [6.45, 7) is 0.643. The highest BCUT2D eigenvalue weighted by atomic mass is 19.3. The average Bonchev–Trinajstić information content (AvgIpc) is 2.12. The van der Waals surface area contributed by atoms with Crippen molar-refractivity contribution in [2.24, 2.45) is 5.73 Å². The lowest BCUT2D eigenvalue weighted by Gasteiger charge is -2.32. The zero-order chi connectivity index (χ0) is 11.5. The molecule has 1 aliphatic rings. The molecule has 88 valence electrons. The third kappa shape index (κ3) is 4.09. The Morgan fingerprint density at radius 2 is 2.27 bits per heavy atom. The maximum atomic E-state index is 12.9. The molecule has 15 heavy (non-hydrogen) atoms. The van der Waals surface area contributed by atoms with E-state index < -0.39 is 17.9 Å². The lowest BCUT2D eigenvalue weighted by Crippen LogP contribution is -2.44. The van der Waals surface area contributed by atoms with Crippen LogP contribution < -0.4 is 5.73 Å². The van der Waals surface area contributed by atoms with E-state index in [0.29, 0.717) is 19.5 Å². The Bertz CT molecular complexity index is 236. The Hall–Kier alpha value is -0.750. The van der Waals surface area contributed by atoms with E-state index in [4.69, 9.17) is 10.8 Å². The van der Waals surface area contributed by atoms with Crippen molar-refractivity contribution in [1.29, 1.82) is 0 Å². The number of hydrogen-bond donors (Lipinski definition) is 2. The quantitative estimate of drug-likeness (QED) is 0.727. The molecule has 1 heterocycles. The first-order chi connectivity index (χ1) is 6.91. The van der Waals surface area contributed by atoms with Crippen LogP contribution in [0.4, 0.5) is 8.78 Å². The van der Waals surface area contributed by atoms with Crippen LogP contribution in [0, 0.1) is 0 Å². The van der Waals surface area contributed by atoms with Crippen molar-refractivity contribution >= 4 is 5.97 Å². The number of piperidine rings is 1. The minimum atomic E-state index is -2.63. The molecular formula is C9H16F2N2O2. The van der Waals surface area contributed by atoms with E-state index in [0.717, 1.165) is 0 Å². The van der Waals surface area contributed by atoms with Gasteiger partial charge < -0.3 is 10.8 Å². The molecule has 0 aromatic heterocycles. The van der Waals surface area contributed by atoms with Crippen LogP contribution in [-0.4, -0.2) is 47.6 Å². The molecule has 0 bridgehead atoms. The molecule has 0 aromatic rings. The van der Waals surface area contributed by atoms with E-state index in [-0.39, 0.29) is 19.4 Å². The van der Waals surface area contributed by atoms with Crippen LogP contribution in [0.5, 0.6) is 0 Å². The first-order valence-corrected chi connectivity index (χ1v) is 4.99. The number of hydrogen-bond acceptors (Lipinski definition) is 3. The third-order valence-electron chi connectivity index (χ3n) is 2.55. The van der Waals surface area contributed by atoms with Crippen molar-refractivity contribution in [3.8, 4) is 0 Å². The van der Waals surface area contributed by atoms with Gasteiger partial charge in [0.2, 0.25) is 0 Å². The van der Waals surface area contributed by atoms with Gasteiger partial charge in [0.15, 0.2) is 0 Å². The Morgan fingerprint density at radius 3 is 2.80 bits per heavy atom. The largest absolute Gasteiger partial charge is 0.480 e. The van der Waals surface area contributed by atoms with E-state index in [2.05, 4.69) is 0 Å². The third-order valence-corrected chi connectivity index (χ3v) is 2.55. The number of nitrogens with zero attached hydrogens (tertiary/aromatic N) is 1. The number of nitrogens with two attached hydrogens (primary N) is 1. The van der Waals surface area contributed by atoms with E-state index in [1.54, 1.807) is 4.90 Å². The molecule has 1 saturated heterocycles. The number of carboxylic acids is 1. The summed E-state index contributed by atoms with van der Waals surface area (Å²) in [6, 6.07) is -0.958. The fourth-order valence-electron chi connectivity index (χ4n) is 1.68. The highest BCUT2D eigenvalue weighted by Crippen LogP contribution is 2.26. The Labute approximate surface area is 87.0 Å². The lowest BCUT2D eigenvalue weighted by atomic mass is 10.1. The number of likely N-dealkylation sites (tertiary alicyclic amines) is 1. The van der Waals surface area contributed by atoms with Crippen molar-refractivity contribution in [3.63, 3.8) is 0 Å². The molecule has 3 N–H and O–H groups in total. The van der Waals surface area contributed by atoms with Crippen LogP contribution in [0.25, 0.3) is 0 Å². The second-order valence-electron chi connectivity index (χ2n) is 3.97. The summed E-state index contributed by atoms with van der Waals surface area (Å²) in [6.07, 6.45) is 0.592. The summed E-state index contributed by atoms with van der Waals surface area (Å²) in [7, 11) is 0. The molecule has 0 aliphatic carbocycles. The van der Waals surface area contributed by atoms with Crippen molar-refractivity contribution in [3.05, 3.63) is 0 Å².